The number of hydrogen-bond donors (Lipinski definition) is 2. The number of aryl methyl sites for hydroxylation is 3. The number of amides is 1. The highest BCUT2D eigenvalue weighted by Crippen LogP contribution is 2.16. The minimum absolute atomic E-state index is 0.0499. The molecule has 4 rings (SSSR count). The molecular formula is C17H15N7O2S. The molecule has 1 amide bonds. The van der Waals surface area contributed by atoms with Crippen molar-refractivity contribution < 1.29 is 4.79 Å². The van der Waals surface area contributed by atoms with Gasteiger partial charge in [-0.15, -0.1) is 10.2 Å². The minimum Gasteiger partial charge on any atom is -0.313 e. The summed E-state index contributed by atoms with van der Waals surface area (Å²) in [5, 5.41) is 20.0. The van der Waals surface area contributed by atoms with E-state index in [2.05, 4.69) is 20.5 Å². The van der Waals surface area contributed by atoms with Crippen LogP contribution in [-0.4, -0.2) is 30.1 Å². The summed E-state index contributed by atoms with van der Waals surface area (Å²) in [5.74, 6) is -0.526. The monoisotopic (exact) mass is 381 g/mol. The predicted octanol–water partition coefficient (Wildman–Crippen LogP) is 1.39. The van der Waals surface area contributed by atoms with E-state index in [1.165, 1.54) is 26.4 Å². The van der Waals surface area contributed by atoms with E-state index in [1.54, 1.807) is 26.2 Å². The molecule has 0 aromatic carbocycles. The van der Waals surface area contributed by atoms with Gasteiger partial charge >= 0.3 is 0 Å². The molecular weight excluding hydrogens is 366 g/mol. The molecule has 0 atom stereocenters. The van der Waals surface area contributed by atoms with Crippen molar-refractivity contribution in [3.8, 4) is 0 Å². The Balaban J connectivity index is 1.95. The van der Waals surface area contributed by atoms with Crippen LogP contribution >= 0.6 is 11.3 Å². The van der Waals surface area contributed by atoms with Gasteiger partial charge in [0, 0.05) is 13.2 Å². The number of carbonyl (C=O) groups excluding carboxylic acids is 1. The molecule has 0 aliphatic heterocycles. The average Bonchev–Trinajstić information content (AvgIpc) is 3.04. The van der Waals surface area contributed by atoms with E-state index in [1.807, 2.05) is 13.0 Å². The quantitative estimate of drug-likeness (QED) is 0.509. The maximum Gasteiger partial charge on any atom is 0.267 e. The van der Waals surface area contributed by atoms with Crippen LogP contribution in [0.2, 0.25) is 0 Å². The Morgan fingerprint density at radius 2 is 2.04 bits per heavy atom. The Morgan fingerprint density at radius 3 is 2.74 bits per heavy atom. The zero-order valence-electron chi connectivity index (χ0n) is 14.8. The van der Waals surface area contributed by atoms with Crippen LogP contribution in [0, 0.1) is 19.3 Å². The summed E-state index contributed by atoms with van der Waals surface area (Å²) in [6, 6.07) is 5.04. The van der Waals surface area contributed by atoms with E-state index in [9.17, 15) is 9.59 Å². The first kappa shape index (κ1) is 17.0. The second-order valence-electron chi connectivity index (χ2n) is 6.09. The summed E-state index contributed by atoms with van der Waals surface area (Å²) in [6.45, 7) is 3.64. The molecule has 4 aromatic heterocycles. The van der Waals surface area contributed by atoms with Gasteiger partial charge in [-0.1, -0.05) is 17.4 Å². The third kappa shape index (κ3) is 2.70. The molecule has 0 saturated heterocycles. The van der Waals surface area contributed by atoms with Gasteiger partial charge in [-0.25, -0.2) is 4.98 Å². The van der Waals surface area contributed by atoms with E-state index in [0.717, 1.165) is 5.56 Å². The molecule has 0 spiro atoms. The lowest BCUT2D eigenvalue weighted by atomic mass is 10.2. The molecule has 4 heterocycles. The van der Waals surface area contributed by atoms with Gasteiger partial charge in [0.2, 0.25) is 5.13 Å². The highest BCUT2D eigenvalue weighted by Gasteiger charge is 2.17. The molecule has 0 fully saturated rings. The molecule has 2 N–H and O–H groups in total. The Morgan fingerprint density at radius 1 is 1.26 bits per heavy atom. The first-order chi connectivity index (χ1) is 12.9. The molecule has 27 heavy (non-hydrogen) atoms. The standard InChI is InChI=1S/C17H15N7O2S/c1-8-5-4-6-24-13(8)19-14-11(16(24)26)7-10(12(18)23(14)3)15(25)20-17-22-21-9(2)27-17/h4-7,18H,1-3H3,(H,20,22,25). The van der Waals surface area contributed by atoms with Crippen LogP contribution in [0.25, 0.3) is 16.7 Å². The Bertz CT molecular complexity index is 1350. The second kappa shape index (κ2) is 6.09. The van der Waals surface area contributed by atoms with Crippen LogP contribution in [-0.2, 0) is 7.05 Å². The van der Waals surface area contributed by atoms with E-state index in [4.69, 9.17) is 5.41 Å². The van der Waals surface area contributed by atoms with Crippen molar-refractivity contribution in [3.63, 3.8) is 0 Å². The summed E-state index contributed by atoms with van der Waals surface area (Å²) in [7, 11) is 1.61. The molecule has 0 unspecified atom stereocenters. The zero-order chi connectivity index (χ0) is 19.3. The van der Waals surface area contributed by atoms with E-state index >= 15 is 0 Å². The maximum absolute atomic E-state index is 12.9. The molecule has 0 radical (unpaired) electrons. The number of carbonyl (C=O) groups is 1. The Labute approximate surface area is 156 Å². The van der Waals surface area contributed by atoms with Crippen LogP contribution in [0.5, 0.6) is 0 Å². The van der Waals surface area contributed by atoms with Crippen LogP contribution < -0.4 is 16.4 Å². The van der Waals surface area contributed by atoms with Crippen molar-refractivity contribution in [1.29, 1.82) is 5.41 Å². The molecule has 0 bridgehead atoms. The van der Waals surface area contributed by atoms with Crippen LogP contribution in [0.3, 0.4) is 0 Å². The lowest BCUT2D eigenvalue weighted by Crippen LogP contribution is -2.30. The average molecular weight is 381 g/mol. The molecule has 0 saturated carbocycles. The fourth-order valence-electron chi connectivity index (χ4n) is 2.87. The summed E-state index contributed by atoms with van der Waals surface area (Å²) >= 11 is 1.23. The summed E-state index contributed by atoms with van der Waals surface area (Å²) in [6.07, 6.45) is 1.63. The minimum atomic E-state index is -0.526. The van der Waals surface area contributed by atoms with Gasteiger partial charge in [-0.2, -0.15) is 0 Å². The predicted molar refractivity (Wildman–Crippen MR) is 101 cm³/mol. The Kier molecular flexibility index (Phi) is 3.84. The van der Waals surface area contributed by atoms with Crippen LogP contribution in [0.15, 0.2) is 29.2 Å². The first-order valence-electron chi connectivity index (χ1n) is 8.04. The van der Waals surface area contributed by atoms with Gasteiger partial charge in [-0.05, 0) is 31.5 Å². The molecule has 0 aliphatic carbocycles. The molecule has 9 nitrogen and oxygen atoms in total. The van der Waals surface area contributed by atoms with Gasteiger partial charge in [0.1, 0.15) is 21.8 Å². The largest absolute Gasteiger partial charge is 0.313 e. The van der Waals surface area contributed by atoms with Gasteiger partial charge in [0.15, 0.2) is 0 Å². The summed E-state index contributed by atoms with van der Waals surface area (Å²) < 4.78 is 2.88. The number of hydrogen-bond acceptors (Lipinski definition) is 7. The number of nitrogens with zero attached hydrogens (tertiary/aromatic N) is 5. The van der Waals surface area contributed by atoms with Crippen molar-refractivity contribution in [3.05, 3.63) is 56.4 Å². The van der Waals surface area contributed by atoms with Gasteiger partial charge in [0.25, 0.3) is 11.5 Å². The molecule has 0 aliphatic rings. The highest BCUT2D eigenvalue weighted by atomic mass is 32.1. The number of pyridine rings is 2. The molecule has 10 heteroatoms. The number of anilines is 1. The lowest BCUT2D eigenvalue weighted by molar-refractivity contribution is 0.102. The fourth-order valence-corrected chi connectivity index (χ4v) is 3.45. The fraction of sp³-hybridized carbons (Fsp3) is 0.176. The first-order valence-corrected chi connectivity index (χ1v) is 8.86. The number of fused-ring (bicyclic) bond motifs is 2. The van der Waals surface area contributed by atoms with E-state index in [0.29, 0.717) is 21.4 Å². The third-order valence-electron chi connectivity index (χ3n) is 4.25. The lowest BCUT2D eigenvalue weighted by Gasteiger charge is -2.11. The van der Waals surface area contributed by atoms with Crippen LogP contribution in [0.1, 0.15) is 20.9 Å². The van der Waals surface area contributed by atoms with Crippen molar-refractivity contribution in [1.82, 2.24) is 24.1 Å². The summed E-state index contributed by atoms with van der Waals surface area (Å²) in [5.41, 5.74) is 1.43. The highest BCUT2D eigenvalue weighted by molar-refractivity contribution is 7.15. The third-order valence-corrected chi connectivity index (χ3v) is 5.01. The van der Waals surface area contributed by atoms with Crippen molar-refractivity contribution in [2.75, 3.05) is 5.32 Å². The number of aromatic nitrogens is 5. The second-order valence-corrected chi connectivity index (χ2v) is 7.27. The summed E-state index contributed by atoms with van der Waals surface area (Å²) in [4.78, 5) is 30.1. The SMILES string of the molecule is Cc1nnc(NC(=O)c2cc3c(=O)n4cccc(C)c4nc3n(C)c2=N)s1. The van der Waals surface area contributed by atoms with Gasteiger partial charge in [-0.3, -0.25) is 24.7 Å². The normalized spacial score (nSPS) is 11.2. The molecule has 4 aromatic rings. The van der Waals surface area contributed by atoms with Crippen LogP contribution in [0.4, 0.5) is 5.13 Å². The Hall–Kier alpha value is -3.40. The topological polar surface area (TPSA) is 118 Å². The van der Waals surface area contributed by atoms with Crippen molar-refractivity contribution >= 4 is 39.1 Å². The number of nitrogens with one attached hydrogen (secondary N) is 2. The van der Waals surface area contributed by atoms with Crippen molar-refractivity contribution in [2.24, 2.45) is 7.05 Å². The maximum atomic E-state index is 12.9. The van der Waals surface area contributed by atoms with E-state index < -0.39 is 5.91 Å². The van der Waals surface area contributed by atoms with Gasteiger partial charge < -0.3 is 4.57 Å². The van der Waals surface area contributed by atoms with Crippen molar-refractivity contribution in [2.45, 2.75) is 13.8 Å². The van der Waals surface area contributed by atoms with Gasteiger partial charge in [0.05, 0.1) is 10.9 Å². The zero-order valence-corrected chi connectivity index (χ0v) is 15.6. The van der Waals surface area contributed by atoms with E-state index in [-0.39, 0.29) is 22.0 Å². The smallest absolute Gasteiger partial charge is 0.267 e. The number of rotatable bonds is 2. The molecule has 136 valence electrons.